The van der Waals surface area contributed by atoms with Crippen molar-refractivity contribution in [1.29, 1.82) is 0 Å². The lowest BCUT2D eigenvalue weighted by atomic mass is 10.0. The molecule has 30 heavy (non-hydrogen) atoms. The van der Waals surface area contributed by atoms with Crippen molar-refractivity contribution in [2.24, 2.45) is 0 Å². The van der Waals surface area contributed by atoms with E-state index in [1.165, 1.54) is 75.1 Å². The highest BCUT2D eigenvalue weighted by atomic mass is 16.4. The summed E-state index contributed by atoms with van der Waals surface area (Å²) in [6, 6.07) is 9.46. The van der Waals surface area contributed by atoms with E-state index in [-0.39, 0.29) is 0 Å². The van der Waals surface area contributed by atoms with Crippen LogP contribution in [0, 0.1) is 0 Å². The summed E-state index contributed by atoms with van der Waals surface area (Å²) in [6.45, 7) is 12.1. The minimum Gasteiger partial charge on any atom is -0.473 e. The lowest BCUT2D eigenvalue weighted by Gasteiger charge is -2.42. The summed E-state index contributed by atoms with van der Waals surface area (Å²) in [7, 11) is 0. The molecule has 8 heteroatoms. The average Bonchev–Trinajstić information content (AvgIpc) is 3.18. The molecule has 3 N–H and O–H groups in total. The first-order valence-corrected chi connectivity index (χ1v) is 10.7. The standard InChI is InChI=1S/C20H30N4.C2H2O4/c1-2-22-11-13-24(14-12-22)18-7-9-23(10-8-18)16-17-15-21-20-6-4-3-5-19(17)20;3-1(4)2(5)6/h3-6,15,18,21H,2,7-14,16H2,1H3;(H,3,4)(H,5,6). The number of aromatic nitrogens is 1. The number of likely N-dealkylation sites (tertiary alicyclic amines) is 1. The van der Waals surface area contributed by atoms with Gasteiger partial charge in [-0.1, -0.05) is 25.1 Å². The second-order valence-electron chi connectivity index (χ2n) is 7.95. The lowest BCUT2D eigenvalue weighted by molar-refractivity contribution is -0.159. The van der Waals surface area contributed by atoms with Gasteiger partial charge in [-0.2, -0.15) is 0 Å². The van der Waals surface area contributed by atoms with E-state index < -0.39 is 11.9 Å². The predicted octanol–water partition coefficient (Wildman–Crippen LogP) is 1.93. The first kappa shape index (κ1) is 22.3. The number of H-pyrrole nitrogens is 1. The highest BCUT2D eigenvalue weighted by Gasteiger charge is 2.27. The van der Waals surface area contributed by atoms with Gasteiger partial charge in [0.25, 0.3) is 0 Å². The first-order valence-electron chi connectivity index (χ1n) is 10.7. The largest absolute Gasteiger partial charge is 0.473 e. The zero-order valence-corrected chi connectivity index (χ0v) is 17.6. The second-order valence-corrected chi connectivity index (χ2v) is 7.95. The van der Waals surface area contributed by atoms with Crippen LogP contribution in [0.25, 0.3) is 10.9 Å². The van der Waals surface area contributed by atoms with E-state index in [0.717, 1.165) is 12.6 Å². The molecule has 2 saturated heterocycles. The third-order valence-corrected chi connectivity index (χ3v) is 6.18. The number of hydrogen-bond donors (Lipinski definition) is 3. The smallest absolute Gasteiger partial charge is 0.414 e. The summed E-state index contributed by atoms with van der Waals surface area (Å²) in [6.07, 6.45) is 4.85. The van der Waals surface area contributed by atoms with E-state index >= 15 is 0 Å². The summed E-state index contributed by atoms with van der Waals surface area (Å²) in [4.78, 5) is 29.6. The van der Waals surface area contributed by atoms with Crippen LogP contribution < -0.4 is 0 Å². The van der Waals surface area contributed by atoms with Gasteiger partial charge >= 0.3 is 11.9 Å². The number of benzene rings is 1. The minimum absolute atomic E-state index is 0.809. The second kappa shape index (κ2) is 10.6. The van der Waals surface area contributed by atoms with Gasteiger partial charge in [-0.15, -0.1) is 0 Å². The van der Waals surface area contributed by atoms with E-state index in [0.29, 0.717) is 0 Å². The van der Waals surface area contributed by atoms with Gasteiger partial charge in [-0.3, -0.25) is 9.80 Å². The van der Waals surface area contributed by atoms with Crippen LogP contribution in [0.4, 0.5) is 0 Å². The lowest BCUT2D eigenvalue weighted by Crippen LogP contribution is -2.52. The van der Waals surface area contributed by atoms with Crippen LogP contribution in [0.2, 0.25) is 0 Å². The Morgan fingerprint density at radius 2 is 1.60 bits per heavy atom. The molecular weight excluding hydrogens is 384 g/mol. The number of hydrogen-bond acceptors (Lipinski definition) is 5. The molecule has 0 aliphatic carbocycles. The van der Waals surface area contributed by atoms with Crippen molar-refractivity contribution >= 4 is 22.8 Å². The number of rotatable bonds is 4. The van der Waals surface area contributed by atoms with Gasteiger partial charge in [-0.25, -0.2) is 9.59 Å². The van der Waals surface area contributed by atoms with Crippen molar-refractivity contribution in [3.05, 3.63) is 36.0 Å². The number of carboxylic acids is 2. The van der Waals surface area contributed by atoms with Crippen LogP contribution in [-0.4, -0.2) is 93.7 Å². The monoisotopic (exact) mass is 416 g/mol. The number of nitrogens with one attached hydrogen (secondary N) is 1. The number of aliphatic carboxylic acids is 2. The molecule has 2 aliphatic rings. The van der Waals surface area contributed by atoms with Gasteiger partial charge in [0.15, 0.2) is 0 Å². The zero-order chi connectivity index (χ0) is 21.5. The molecule has 0 spiro atoms. The number of piperazine rings is 1. The maximum atomic E-state index is 9.10. The molecule has 164 valence electrons. The van der Waals surface area contributed by atoms with Crippen LogP contribution in [0.3, 0.4) is 0 Å². The molecule has 3 heterocycles. The van der Waals surface area contributed by atoms with Gasteiger partial charge in [-0.05, 0) is 44.1 Å². The van der Waals surface area contributed by atoms with E-state index in [9.17, 15) is 0 Å². The molecule has 1 aromatic heterocycles. The van der Waals surface area contributed by atoms with E-state index in [1.54, 1.807) is 0 Å². The minimum atomic E-state index is -1.82. The number of likely N-dealkylation sites (N-methyl/N-ethyl adjacent to an activating group) is 1. The van der Waals surface area contributed by atoms with Gasteiger partial charge in [0.05, 0.1) is 0 Å². The van der Waals surface area contributed by atoms with Crippen LogP contribution in [0.1, 0.15) is 25.3 Å². The predicted molar refractivity (Wildman–Crippen MR) is 116 cm³/mol. The third kappa shape index (κ3) is 5.81. The van der Waals surface area contributed by atoms with Crippen molar-refractivity contribution in [1.82, 2.24) is 19.7 Å². The Hall–Kier alpha value is -2.42. The summed E-state index contributed by atoms with van der Waals surface area (Å²) in [5, 5.41) is 16.2. The van der Waals surface area contributed by atoms with Gasteiger partial charge in [0.1, 0.15) is 0 Å². The fraction of sp³-hybridized carbons (Fsp3) is 0.545. The fourth-order valence-corrected chi connectivity index (χ4v) is 4.39. The maximum absolute atomic E-state index is 9.10. The molecule has 1 aromatic carbocycles. The van der Waals surface area contributed by atoms with Gasteiger partial charge in [0, 0.05) is 55.9 Å². The highest BCUT2D eigenvalue weighted by Crippen LogP contribution is 2.23. The first-order chi connectivity index (χ1) is 14.5. The number of piperidine rings is 1. The number of fused-ring (bicyclic) bond motifs is 1. The molecule has 8 nitrogen and oxygen atoms in total. The Morgan fingerprint density at radius 1 is 0.967 bits per heavy atom. The Morgan fingerprint density at radius 3 is 2.20 bits per heavy atom. The number of para-hydroxylation sites is 1. The van der Waals surface area contributed by atoms with Crippen LogP contribution in [0.5, 0.6) is 0 Å². The molecule has 4 rings (SSSR count). The molecule has 0 radical (unpaired) electrons. The molecule has 2 aromatic rings. The Labute approximate surface area is 177 Å². The summed E-state index contributed by atoms with van der Waals surface area (Å²) in [5.41, 5.74) is 2.71. The van der Waals surface area contributed by atoms with Crippen molar-refractivity contribution in [3.8, 4) is 0 Å². The third-order valence-electron chi connectivity index (χ3n) is 6.18. The van der Waals surface area contributed by atoms with Crippen molar-refractivity contribution < 1.29 is 19.8 Å². The Kier molecular flexibility index (Phi) is 7.84. The molecule has 2 fully saturated rings. The Balaban J connectivity index is 0.000000377. The normalized spacial score (nSPS) is 19.4. The number of carboxylic acid groups (broad SMARTS) is 2. The molecule has 0 bridgehead atoms. The van der Waals surface area contributed by atoms with Crippen LogP contribution >= 0.6 is 0 Å². The van der Waals surface area contributed by atoms with E-state index in [2.05, 4.69) is 57.1 Å². The number of carbonyl (C=O) groups is 2. The Bertz CT molecular complexity index is 825. The summed E-state index contributed by atoms with van der Waals surface area (Å²) < 4.78 is 0. The van der Waals surface area contributed by atoms with E-state index in [1.807, 2.05) is 0 Å². The SMILES string of the molecule is CCN1CCN(C2CCN(Cc3c[nH]c4ccccc34)CC2)CC1.O=C(O)C(=O)O. The van der Waals surface area contributed by atoms with Crippen molar-refractivity contribution in [3.63, 3.8) is 0 Å². The zero-order valence-electron chi connectivity index (χ0n) is 17.6. The highest BCUT2D eigenvalue weighted by molar-refractivity contribution is 6.27. The molecular formula is C22H32N4O4. The molecule has 0 atom stereocenters. The number of nitrogens with zero attached hydrogens (tertiary/aromatic N) is 3. The van der Waals surface area contributed by atoms with E-state index in [4.69, 9.17) is 19.8 Å². The quantitative estimate of drug-likeness (QED) is 0.655. The van der Waals surface area contributed by atoms with Crippen LogP contribution in [-0.2, 0) is 16.1 Å². The average molecular weight is 417 g/mol. The maximum Gasteiger partial charge on any atom is 0.414 e. The molecule has 0 amide bonds. The van der Waals surface area contributed by atoms with Gasteiger partial charge < -0.3 is 20.1 Å². The summed E-state index contributed by atoms with van der Waals surface area (Å²) in [5.74, 6) is -3.65. The number of aromatic amines is 1. The molecule has 0 unspecified atom stereocenters. The van der Waals surface area contributed by atoms with Crippen molar-refractivity contribution in [2.45, 2.75) is 32.4 Å². The fourth-order valence-electron chi connectivity index (χ4n) is 4.39. The van der Waals surface area contributed by atoms with Gasteiger partial charge in [0.2, 0.25) is 0 Å². The molecule has 0 saturated carbocycles. The molecule has 2 aliphatic heterocycles. The van der Waals surface area contributed by atoms with Crippen molar-refractivity contribution in [2.75, 3.05) is 45.8 Å². The van der Waals surface area contributed by atoms with Crippen LogP contribution in [0.15, 0.2) is 30.5 Å². The summed E-state index contributed by atoms with van der Waals surface area (Å²) >= 11 is 0. The topological polar surface area (TPSA) is 100 Å².